The molecule has 2 aromatic rings. The number of benzene rings is 1. The number of carbonyl (C=O) groups excluding carboxylic acids is 2. The summed E-state index contributed by atoms with van der Waals surface area (Å²) in [6, 6.07) is 10.0. The summed E-state index contributed by atoms with van der Waals surface area (Å²) in [5.41, 5.74) is 2.22. The van der Waals surface area contributed by atoms with Crippen LogP contribution in [0.4, 0.5) is 0 Å². The molecule has 1 fully saturated rings. The summed E-state index contributed by atoms with van der Waals surface area (Å²) in [6.45, 7) is 7.02. The average Bonchev–Trinajstić information content (AvgIpc) is 3.16. The molecule has 1 atom stereocenters. The van der Waals surface area contributed by atoms with Crippen LogP contribution in [0.1, 0.15) is 25.9 Å². The quantitative estimate of drug-likeness (QED) is 0.726. The number of fused-ring (bicyclic) bond motifs is 1. The van der Waals surface area contributed by atoms with E-state index < -0.39 is 0 Å². The van der Waals surface area contributed by atoms with Gasteiger partial charge >= 0.3 is 0 Å². The van der Waals surface area contributed by atoms with Gasteiger partial charge < -0.3 is 14.7 Å². The van der Waals surface area contributed by atoms with Crippen LogP contribution in [0, 0.1) is 0 Å². The van der Waals surface area contributed by atoms with Crippen molar-refractivity contribution in [2.75, 3.05) is 33.2 Å². The highest BCUT2D eigenvalue weighted by Gasteiger charge is 2.33. The van der Waals surface area contributed by atoms with Gasteiger partial charge in [0, 0.05) is 44.0 Å². The zero-order valence-corrected chi connectivity index (χ0v) is 17.5. The molecule has 2 aliphatic rings. The Morgan fingerprint density at radius 3 is 2.79 bits per heavy atom. The van der Waals surface area contributed by atoms with E-state index in [1.807, 2.05) is 28.0 Å². The van der Waals surface area contributed by atoms with Crippen LogP contribution in [0.25, 0.3) is 0 Å². The molecule has 1 aromatic heterocycles. The summed E-state index contributed by atoms with van der Waals surface area (Å²) in [6.07, 6.45) is 2.97. The molecule has 1 saturated heterocycles. The second kappa shape index (κ2) is 8.47. The van der Waals surface area contributed by atoms with Crippen LogP contribution in [0.3, 0.4) is 0 Å². The number of nitrogens with zero attached hydrogens (tertiary/aromatic N) is 4. The predicted molar refractivity (Wildman–Crippen MR) is 114 cm³/mol. The summed E-state index contributed by atoms with van der Waals surface area (Å²) in [7, 11) is 2.09. The largest absolute Gasteiger partial charge is 0.333 e. The Bertz CT molecular complexity index is 911. The third-order valence-corrected chi connectivity index (χ3v) is 6.72. The minimum absolute atomic E-state index is 0.0178. The zero-order valence-electron chi connectivity index (χ0n) is 16.7. The maximum absolute atomic E-state index is 13.2. The van der Waals surface area contributed by atoms with Crippen LogP contribution in [-0.4, -0.2) is 70.8 Å². The number of piperazine rings is 1. The van der Waals surface area contributed by atoms with Gasteiger partial charge in [-0.25, -0.2) is 4.98 Å². The normalized spacial score (nSPS) is 19.7. The van der Waals surface area contributed by atoms with Crippen molar-refractivity contribution in [1.82, 2.24) is 19.7 Å². The number of hydrogen-bond acceptors (Lipinski definition) is 5. The molecule has 6 nitrogen and oxygen atoms in total. The Hall–Kier alpha value is -2.51. The Morgan fingerprint density at radius 1 is 1.24 bits per heavy atom. The van der Waals surface area contributed by atoms with Gasteiger partial charge in [0.2, 0.25) is 5.91 Å². The number of aromatic nitrogens is 1. The van der Waals surface area contributed by atoms with Gasteiger partial charge in [-0.15, -0.1) is 11.3 Å². The Morgan fingerprint density at radius 2 is 2.03 bits per heavy atom. The topological polar surface area (TPSA) is 56.8 Å². The monoisotopic (exact) mass is 410 g/mol. The van der Waals surface area contributed by atoms with Crippen molar-refractivity contribution in [1.29, 1.82) is 0 Å². The molecule has 4 rings (SSSR count). The summed E-state index contributed by atoms with van der Waals surface area (Å²) in [5.74, 6) is -0.0957. The number of hydrogen-bond donors (Lipinski definition) is 0. The first kappa shape index (κ1) is 19.8. The maximum Gasteiger partial charge on any atom is 0.282 e. The van der Waals surface area contributed by atoms with E-state index in [1.165, 1.54) is 22.3 Å². The van der Waals surface area contributed by atoms with Crippen LogP contribution in [0.15, 0.2) is 43.0 Å². The average molecular weight is 411 g/mol. The minimum Gasteiger partial charge on any atom is -0.333 e. The number of carbonyl (C=O) groups is 2. The van der Waals surface area contributed by atoms with Crippen LogP contribution < -0.4 is 0 Å². The van der Waals surface area contributed by atoms with E-state index in [4.69, 9.17) is 0 Å². The third-order valence-electron chi connectivity index (χ3n) is 5.65. The lowest BCUT2D eigenvalue weighted by molar-refractivity contribution is -0.130. The molecule has 0 bridgehead atoms. The molecule has 3 heterocycles. The molecular formula is C22H26N4O2S. The molecule has 0 aliphatic carbocycles. The van der Waals surface area contributed by atoms with Gasteiger partial charge in [0.25, 0.3) is 5.91 Å². The standard InChI is InChI=1S/C22H26N4O2S/c1-3-20(27)26-12-11-25(14-17(26)13-16-7-5-4-6-8-16)22(28)21-23-18-9-10-24(2)15-19(18)29-21/h3-8,17H,1,9-15H2,2H3/t17-/m0/s1. The van der Waals surface area contributed by atoms with Gasteiger partial charge in [-0.3, -0.25) is 9.59 Å². The third kappa shape index (κ3) is 4.26. The highest BCUT2D eigenvalue weighted by molar-refractivity contribution is 7.13. The van der Waals surface area contributed by atoms with Crippen molar-refractivity contribution in [3.8, 4) is 0 Å². The second-order valence-electron chi connectivity index (χ2n) is 7.71. The highest BCUT2D eigenvalue weighted by Crippen LogP contribution is 2.26. The summed E-state index contributed by atoms with van der Waals surface area (Å²) in [5, 5.41) is 0.576. The molecule has 2 amide bonds. The van der Waals surface area contributed by atoms with Crippen molar-refractivity contribution in [3.63, 3.8) is 0 Å². The maximum atomic E-state index is 13.2. The fourth-order valence-electron chi connectivity index (χ4n) is 4.06. The van der Waals surface area contributed by atoms with E-state index in [9.17, 15) is 9.59 Å². The first-order valence-electron chi connectivity index (χ1n) is 9.98. The SMILES string of the molecule is C=CC(=O)N1CCN(C(=O)c2nc3c(s2)CN(C)CC3)C[C@@H]1Cc1ccccc1. The number of amides is 2. The second-order valence-corrected chi connectivity index (χ2v) is 8.79. The Kier molecular flexibility index (Phi) is 5.78. The number of thiazole rings is 1. The highest BCUT2D eigenvalue weighted by atomic mass is 32.1. The lowest BCUT2D eigenvalue weighted by atomic mass is 10.0. The van der Waals surface area contributed by atoms with Crippen molar-refractivity contribution >= 4 is 23.2 Å². The van der Waals surface area contributed by atoms with Gasteiger partial charge in [-0.05, 0) is 25.1 Å². The zero-order chi connectivity index (χ0) is 20.4. The lowest BCUT2D eigenvalue weighted by Gasteiger charge is -2.41. The van der Waals surface area contributed by atoms with Crippen molar-refractivity contribution in [3.05, 3.63) is 64.1 Å². The molecule has 7 heteroatoms. The van der Waals surface area contributed by atoms with E-state index in [-0.39, 0.29) is 17.9 Å². The molecule has 0 saturated carbocycles. The molecule has 0 radical (unpaired) electrons. The van der Waals surface area contributed by atoms with Crippen LogP contribution in [0.5, 0.6) is 0 Å². The molecule has 29 heavy (non-hydrogen) atoms. The van der Waals surface area contributed by atoms with Crippen molar-refractivity contribution in [2.45, 2.75) is 25.4 Å². The molecule has 152 valence electrons. The molecule has 0 unspecified atom stereocenters. The van der Waals surface area contributed by atoms with Gasteiger partial charge in [0.1, 0.15) is 0 Å². The molecule has 2 aliphatic heterocycles. The Balaban J connectivity index is 1.52. The minimum atomic E-state index is -0.0780. The molecule has 1 aromatic carbocycles. The first-order chi connectivity index (χ1) is 14.0. The van der Waals surface area contributed by atoms with Gasteiger partial charge in [-0.2, -0.15) is 0 Å². The predicted octanol–water partition coefficient (Wildman–Crippen LogP) is 2.21. The van der Waals surface area contributed by atoms with Crippen LogP contribution in [0.2, 0.25) is 0 Å². The van der Waals surface area contributed by atoms with E-state index >= 15 is 0 Å². The van der Waals surface area contributed by atoms with Gasteiger partial charge in [-0.1, -0.05) is 36.9 Å². The van der Waals surface area contributed by atoms with E-state index in [0.717, 1.165) is 30.8 Å². The first-order valence-corrected chi connectivity index (χ1v) is 10.8. The number of likely N-dealkylation sites (N-methyl/N-ethyl adjacent to an activating group) is 1. The molecule has 0 spiro atoms. The van der Waals surface area contributed by atoms with E-state index in [2.05, 4.69) is 35.6 Å². The summed E-state index contributed by atoms with van der Waals surface area (Å²) < 4.78 is 0. The van der Waals surface area contributed by atoms with Gasteiger partial charge in [0.05, 0.1) is 11.7 Å². The lowest BCUT2D eigenvalue weighted by Crippen LogP contribution is -2.57. The van der Waals surface area contributed by atoms with Crippen LogP contribution in [-0.2, 0) is 24.2 Å². The Labute approximate surface area is 175 Å². The molecule has 0 N–H and O–H groups in total. The van der Waals surface area contributed by atoms with Gasteiger partial charge in [0.15, 0.2) is 5.01 Å². The molecular weight excluding hydrogens is 384 g/mol. The van der Waals surface area contributed by atoms with E-state index in [1.54, 1.807) is 0 Å². The van der Waals surface area contributed by atoms with E-state index in [0.29, 0.717) is 31.1 Å². The summed E-state index contributed by atoms with van der Waals surface area (Å²) >= 11 is 1.52. The van der Waals surface area contributed by atoms with Crippen LogP contribution >= 0.6 is 11.3 Å². The summed E-state index contributed by atoms with van der Waals surface area (Å²) in [4.78, 5) is 37.3. The fraction of sp³-hybridized carbons (Fsp3) is 0.409. The fourth-order valence-corrected chi connectivity index (χ4v) is 5.21. The van der Waals surface area contributed by atoms with Crippen molar-refractivity contribution < 1.29 is 9.59 Å². The van der Waals surface area contributed by atoms with Crippen molar-refractivity contribution in [2.24, 2.45) is 0 Å². The number of rotatable bonds is 4. The smallest absolute Gasteiger partial charge is 0.282 e.